The fourth-order valence-electron chi connectivity index (χ4n) is 2.44. The second kappa shape index (κ2) is 5.74. The molecule has 2 rings (SSSR count). The molecule has 0 saturated carbocycles. The van der Waals surface area contributed by atoms with E-state index in [1.165, 1.54) is 36.0 Å². The number of likely N-dealkylation sites (N-methyl/N-ethyl adjacent to an activating group) is 1. The summed E-state index contributed by atoms with van der Waals surface area (Å²) in [5, 5.41) is 6.00. The van der Waals surface area contributed by atoms with Crippen molar-refractivity contribution in [3.05, 3.63) is 34.9 Å². The summed E-state index contributed by atoms with van der Waals surface area (Å²) in [5.74, 6) is 0.0520. The highest BCUT2D eigenvalue weighted by atomic mass is 16.2. The third-order valence-electron chi connectivity index (χ3n) is 4.05. The monoisotopic (exact) mass is 260 g/mol. The van der Waals surface area contributed by atoms with E-state index < -0.39 is 5.54 Å². The molecule has 1 amide bonds. The summed E-state index contributed by atoms with van der Waals surface area (Å²) in [5.41, 5.74) is 3.82. The number of fused-ring (bicyclic) bond motifs is 1. The molecular weight excluding hydrogens is 236 g/mol. The van der Waals surface area contributed by atoms with Crippen molar-refractivity contribution in [3.63, 3.8) is 0 Å². The van der Waals surface area contributed by atoms with Gasteiger partial charge >= 0.3 is 0 Å². The van der Waals surface area contributed by atoms with Gasteiger partial charge in [-0.2, -0.15) is 0 Å². The van der Waals surface area contributed by atoms with Gasteiger partial charge in [0.1, 0.15) is 0 Å². The topological polar surface area (TPSA) is 41.1 Å². The number of carbonyl (C=O) groups excluding carboxylic acids is 1. The minimum absolute atomic E-state index is 0.0520. The average Bonchev–Trinajstić information content (AvgIpc) is 2.86. The Hall–Kier alpha value is -1.35. The van der Waals surface area contributed by atoms with Crippen molar-refractivity contribution in [2.75, 3.05) is 13.6 Å². The summed E-state index contributed by atoms with van der Waals surface area (Å²) in [6, 6.07) is 6.74. The van der Waals surface area contributed by atoms with Crippen LogP contribution >= 0.6 is 0 Å². The first-order valence-corrected chi connectivity index (χ1v) is 7.11. The predicted octanol–water partition coefficient (Wildman–Crippen LogP) is 1.83. The van der Waals surface area contributed by atoms with Crippen LogP contribution in [0.2, 0.25) is 0 Å². The molecule has 0 saturated heterocycles. The second-order valence-electron chi connectivity index (χ2n) is 5.84. The summed E-state index contributed by atoms with van der Waals surface area (Å²) in [6.07, 6.45) is 4.62. The zero-order chi connectivity index (χ0) is 13.9. The number of amides is 1. The van der Waals surface area contributed by atoms with Gasteiger partial charge < -0.3 is 10.6 Å². The van der Waals surface area contributed by atoms with Gasteiger partial charge in [-0.3, -0.25) is 4.79 Å². The van der Waals surface area contributed by atoms with E-state index in [-0.39, 0.29) is 5.91 Å². The van der Waals surface area contributed by atoms with Crippen LogP contribution in [0.15, 0.2) is 18.2 Å². The predicted molar refractivity (Wildman–Crippen MR) is 78.3 cm³/mol. The van der Waals surface area contributed by atoms with Crippen LogP contribution in [0.4, 0.5) is 0 Å². The lowest BCUT2D eigenvalue weighted by Crippen LogP contribution is -2.51. The van der Waals surface area contributed by atoms with Gasteiger partial charge in [0.25, 0.3) is 0 Å². The van der Waals surface area contributed by atoms with Gasteiger partial charge in [-0.1, -0.05) is 18.2 Å². The number of benzene rings is 1. The molecule has 0 unspecified atom stereocenters. The minimum Gasteiger partial charge on any atom is -0.354 e. The first-order valence-electron chi connectivity index (χ1n) is 7.11. The summed E-state index contributed by atoms with van der Waals surface area (Å²) in [6.45, 7) is 4.47. The fraction of sp³-hybridized carbons (Fsp3) is 0.562. The van der Waals surface area contributed by atoms with Crippen LogP contribution in [-0.4, -0.2) is 25.0 Å². The number of hydrogen-bond donors (Lipinski definition) is 2. The standard InChI is InChI=1S/C16H24N2O/c1-16(2,17-3)15(19)18-10-9-12-7-8-13-5-4-6-14(13)11-12/h7-8,11,17H,4-6,9-10H2,1-3H3,(H,18,19). The van der Waals surface area contributed by atoms with Crippen molar-refractivity contribution < 1.29 is 4.79 Å². The molecule has 0 bridgehead atoms. The lowest BCUT2D eigenvalue weighted by atomic mass is 10.0. The smallest absolute Gasteiger partial charge is 0.239 e. The minimum atomic E-state index is -0.502. The Labute approximate surface area is 115 Å². The van der Waals surface area contributed by atoms with Crippen LogP contribution in [0.3, 0.4) is 0 Å². The number of carbonyl (C=O) groups is 1. The summed E-state index contributed by atoms with van der Waals surface area (Å²) in [4.78, 5) is 11.9. The summed E-state index contributed by atoms with van der Waals surface area (Å²) in [7, 11) is 1.81. The summed E-state index contributed by atoms with van der Waals surface area (Å²) < 4.78 is 0. The van der Waals surface area contributed by atoms with Crippen LogP contribution in [0.5, 0.6) is 0 Å². The Morgan fingerprint density at radius 3 is 2.74 bits per heavy atom. The molecule has 104 valence electrons. The molecule has 0 heterocycles. The maximum Gasteiger partial charge on any atom is 0.239 e. The Morgan fingerprint density at radius 1 is 1.26 bits per heavy atom. The molecule has 0 atom stereocenters. The number of hydrogen-bond acceptors (Lipinski definition) is 2. The Balaban J connectivity index is 1.85. The van der Waals surface area contributed by atoms with E-state index in [4.69, 9.17) is 0 Å². The molecule has 0 spiro atoms. The van der Waals surface area contributed by atoms with Gasteiger partial charge in [-0.15, -0.1) is 0 Å². The van der Waals surface area contributed by atoms with E-state index in [0.717, 1.165) is 6.42 Å². The third kappa shape index (κ3) is 3.35. The average molecular weight is 260 g/mol. The first kappa shape index (κ1) is 14.1. The molecule has 0 aromatic heterocycles. The van der Waals surface area contributed by atoms with Crippen molar-refractivity contribution in [2.45, 2.75) is 45.1 Å². The Bertz CT molecular complexity index is 466. The maximum absolute atomic E-state index is 11.9. The molecule has 2 N–H and O–H groups in total. The zero-order valence-electron chi connectivity index (χ0n) is 12.2. The first-order chi connectivity index (χ1) is 9.03. The highest BCUT2D eigenvalue weighted by Gasteiger charge is 2.24. The molecule has 1 aliphatic rings. The van der Waals surface area contributed by atoms with Gasteiger partial charge in [0.15, 0.2) is 0 Å². The van der Waals surface area contributed by atoms with Gasteiger partial charge in [0.2, 0.25) is 5.91 Å². The second-order valence-corrected chi connectivity index (χ2v) is 5.84. The third-order valence-corrected chi connectivity index (χ3v) is 4.05. The Kier molecular flexibility index (Phi) is 4.25. The SMILES string of the molecule is CNC(C)(C)C(=O)NCCc1ccc2c(c1)CCC2. The van der Waals surface area contributed by atoms with Gasteiger partial charge in [-0.05, 0) is 63.3 Å². The number of aryl methyl sites for hydroxylation is 2. The van der Waals surface area contributed by atoms with Crippen molar-refractivity contribution in [2.24, 2.45) is 0 Å². The van der Waals surface area contributed by atoms with E-state index in [1.807, 2.05) is 13.8 Å². The highest BCUT2D eigenvalue weighted by Crippen LogP contribution is 2.22. The molecule has 3 heteroatoms. The van der Waals surface area contributed by atoms with Gasteiger partial charge in [0.05, 0.1) is 5.54 Å². The van der Waals surface area contributed by atoms with Crippen LogP contribution in [-0.2, 0) is 24.1 Å². The van der Waals surface area contributed by atoms with E-state index in [2.05, 4.69) is 28.8 Å². The molecule has 0 aliphatic heterocycles. The van der Waals surface area contributed by atoms with Crippen LogP contribution < -0.4 is 10.6 Å². The van der Waals surface area contributed by atoms with E-state index in [9.17, 15) is 4.79 Å². The number of rotatable bonds is 5. The molecule has 1 aromatic rings. The van der Waals surface area contributed by atoms with Crippen molar-refractivity contribution in [3.8, 4) is 0 Å². The van der Waals surface area contributed by atoms with Crippen LogP contribution in [0, 0.1) is 0 Å². The molecule has 0 radical (unpaired) electrons. The van der Waals surface area contributed by atoms with E-state index >= 15 is 0 Å². The van der Waals surface area contributed by atoms with E-state index in [0.29, 0.717) is 6.54 Å². The molecule has 19 heavy (non-hydrogen) atoms. The van der Waals surface area contributed by atoms with E-state index in [1.54, 1.807) is 7.05 Å². The summed E-state index contributed by atoms with van der Waals surface area (Å²) >= 11 is 0. The highest BCUT2D eigenvalue weighted by molar-refractivity contribution is 5.85. The lowest BCUT2D eigenvalue weighted by Gasteiger charge is -2.22. The quantitative estimate of drug-likeness (QED) is 0.848. The normalized spacial score (nSPS) is 14.3. The Morgan fingerprint density at radius 2 is 2.00 bits per heavy atom. The van der Waals surface area contributed by atoms with Crippen molar-refractivity contribution in [1.82, 2.24) is 10.6 Å². The lowest BCUT2D eigenvalue weighted by molar-refractivity contribution is -0.126. The van der Waals surface area contributed by atoms with Crippen molar-refractivity contribution >= 4 is 5.91 Å². The van der Waals surface area contributed by atoms with Gasteiger partial charge in [0, 0.05) is 6.54 Å². The maximum atomic E-state index is 11.9. The largest absolute Gasteiger partial charge is 0.354 e. The molecular formula is C16H24N2O. The van der Waals surface area contributed by atoms with Crippen LogP contribution in [0.25, 0.3) is 0 Å². The molecule has 1 aromatic carbocycles. The fourth-order valence-corrected chi connectivity index (χ4v) is 2.44. The molecule has 0 fully saturated rings. The number of nitrogens with one attached hydrogen (secondary N) is 2. The zero-order valence-corrected chi connectivity index (χ0v) is 12.2. The van der Waals surface area contributed by atoms with Crippen LogP contribution in [0.1, 0.15) is 37.0 Å². The van der Waals surface area contributed by atoms with Gasteiger partial charge in [-0.25, -0.2) is 0 Å². The molecule has 3 nitrogen and oxygen atoms in total. The molecule has 1 aliphatic carbocycles. The van der Waals surface area contributed by atoms with Crippen molar-refractivity contribution in [1.29, 1.82) is 0 Å².